The number of ether oxygens (including phenoxy) is 2. The summed E-state index contributed by atoms with van der Waals surface area (Å²) in [6, 6.07) is 5.89. The highest BCUT2D eigenvalue weighted by Crippen LogP contribution is 2.25. The van der Waals surface area contributed by atoms with E-state index in [1.54, 1.807) is 7.11 Å². The molecule has 1 unspecified atom stereocenters. The van der Waals surface area contributed by atoms with Gasteiger partial charge >= 0.3 is 0 Å². The second-order valence-electron chi connectivity index (χ2n) is 6.01. The van der Waals surface area contributed by atoms with Gasteiger partial charge < -0.3 is 31.2 Å². The number of nitrogens with zero attached hydrogens (tertiary/aromatic N) is 1. The molecule has 138 valence electrons. The van der Waals surface area contributed by atoms with E-state index in [0.717, 1.165) is 34.9 Å². The molecule has 1 aliphatic rings. The average Bonchev–Trinajstić information content (AvgIpc) is 2.91. The van der Waals surface area contributed by atoms with Gasteiger partial charge in [-0.25, -0.2) is 4.98 Å². The number of nitrogens with two attached hydrogens (primary N) is 2. The Kier molecular flexibility index (Phi) is 5.93. The largest absolute Gasteiger partial charge is 0.497 e. The molecular weight excluding hydrogens is 330 g/mol. The number of fused-ring (bicyclic) bond motifs is 1. The van der Waals surface area contributed by atoms with Crippen molar-refractivity contribution in [3.63, 3.8) is 0 Å². The fourth-order valence-corrected chi connectivity index (χ4v) is 2.72. The summed E-state index contributed by atoms with van der Waals surface area (Å²) in [6.07, 6.45) is 8.89. The number of nitrogens with one attached hydrogen (secondary N) is 2. The van der Waals surface area contributed by atoms with Gasteiger partial charge in [0, 0.05) is 18.2 Å². The van der Waals surface area contributed by atoms with Gasteiger partial charge in [0.25, 0.3) is 0 Å². The number of hydrogen-bond donors (Lipinski definition) is 4. The molecule has 0 amide bonds. The summed E-state index contributed by atoms with van der Waals surface area (Å²) in [7, 11) is 1.66. The fourth-order valence-electron chi connectivity index (χ4n) is 2.72. The Balaban J connectivity index is 1.67. The smallest absolute Gasteiger partial charge is 0.198 e. The summed E-state index contributed by atoms with van der Waals surface area (Å²) in [4.78, 5) is 7.29. The number of nitrogen functional groups attached to an aromatic ring is 1. The first kappa shape index (κ1) is 18.0. The minimum atomic E-state index is 0.0712. The van der Waals surface area contributed by atoms with Crippen LogP contribution in [0.2, 0.25) is 0 Å². The third-order valence-corrected chi connectivity index (χ3v) is 4.11. The van der Waals surface area contributed by atoms with Crippen LogP contribution in [0.1, 0.15) is 23.4 Å². The monoisotopic (exact) mass is 355 g/mol. The first-order valence-electron chi connectivity index (χ1n) is 8.64. The standard InChI is InChI=1S/C19H25N5O2/c1-25-15-5-8-18(26-10-2-9-20)13(11-15)12-22-14-3-6-16-17(7-4-14)24-19(21)23-16/h3-8,11,14,22H,2,9-10,12,20H2,1H3,(H3,21,23,24). The van der Waals surface area contributed by atoms with Gasteiger partial charge in [-0.1, -0.05) is 12.2 Å². The maximum atomic E-state index is 5.85. The molecule has 0 saturated carbocycles. The minimum Gasteiger partial charge on any atom is -0.497 e. The van der Waals surface area contributed by atoms with Gasteiger partial charge in [0.2, 0.25) is 0 Å². The molecule has 1 aromatic heterocycles. The van der Waals surface area contributed by atoms with E-state index in [9.17, 15) is 0 Å². The van der Waals surface area contributed by atoms with Crippen LogP contribution in [0.15, 0.2) is 30.4 Å². The lowest BCUT2D eigenvalue weighted by molar-refractivity contribution is 0.308. The van der Waals surface area contributed by atoms with E-state index in [4.69, 9.17) is 20.9 Å². The molecule has 3 rings (SSSR count). The van der Waals surface area contributed by atoms with E-state index in [2.05, 4.69) is 27.4 Å². The van der Waals surface area contributed by atoms with Crippen LogP contribution in [-0.4, -0.2) is 36.3 Å². The summed E-state index contributed by atoms with van der Waals surface area (Å²) in [5, 5.41) is 3.49. The molecule has 0 radical (unpaired) electrons. The van der Waals surface area contributed by atoms with Crippen molar-refractivity contribution in [2.24, 2.45) is 5.73 Å². The lowest BCUT2D eigenvalue weighted by Gasteiger charge is -2.15. The van der Waals surface area contributed by atoms with Gasteiger partial charge in [-0.3, -0.25) is 0 Å². The molecule has 0 aliphatic heterocycles. The van der Waals surface area contributed by atoms with E-state index in [0.29, 0.717) is 25.6 Å². The van der Waals surface area contributed by atoms with E-state index in [1.807, 2.05) is 30.4 Å². The number of methoxy groups -OCH3 is 1. The first-order chi connectivity index (χ1) is 12.7. The van der Waals surface area contributed by atoms with Crippen LogP contribution >= 0.6 is 0 Å². The third kappa shape index (κ3) is 4.44. The average molecular weight is 355 g/mol. The highest BCUT2D eigenvalue weighted by molar-refractivity contribution is 5.65. The van der Waals surface area contributed by atoms with Crippen LogP contribution in [0.3, 0.4) is 0 Å². The number of hydrogen-bond acceptors (Lipinski definition) is 6. The van der Waals surface area contributed by atoms with Gasteiger partial charge in [0.15, 0.2) is 5.95 Å². The Bertz CT molecular complexity index is 766. The molecule has 2 aromatic rings. The maximum Gasteiger partial charge on any atom is 0.198 e. The predicted molar refractivity (Wildman–Crippen MR) is 104 cm³/mol. The highest BCUT2D eigenvalue weighted by Gasteiger charge is 2.11. The number of imidazole rings is 1. The normalized spacial score (nSPS) is 13.5. The van der Waals surface area contributed by atoms with Crippen LogP contribution in [0.25, 0.3) is 12.2 Å². The molecule has 0 bridgehead atoms. The summed E-state index contributed by atoms with van der Waals surface area (Å²) in [6.45, 7) is 1.85. The Labute approximate surface area is 153 Å². The summed E-state index contributed by atoms with van der Waals surface area (Å²) >= 11 is 0. The van der Waals surface area contributed by atoms with Crippen molar-refractivity contribution in [1.29, 1.82) is 0 Å². The molecule has 6 N–H and O–H groups in total. The van der Waals surface area contributed by atoms with Crippen molar-refractivity contribution in [3.05, 3.63) is 47.3 Å². The molecule has 7 heteroatoms. The van der Waals surface area contributed by atoms with E-state index in [-0.39, 0.29) is 6.04 Å². The molecule has 1 heterocycles. The molecule has 0 saturated heterocycles. The quantitative estimate of drug-likeness (QED) is 0.539. The van der Waals surface area contributed by atoms with Gasteiger partial charge in [-0.2, -0.15) is 0 Å². The maximum absolute atomic E-state index is 5.85. The second kappa shape index (κ2) is 8.55. The van der Waals surface area contributed by atoms with Crippen molar-refractivity contribution in [2.75, 3.05) is 26.0 Å². The van der Waals surface area contributed by atoms with Crippen LogP contribution in [0, 0.1) is 0 Å². The lowest BCUT2D eigenvalue weighted by Crippen LogP contribution is -2.24. The number of aromatic amines is 1. The molecule has 7 nitrogen and oxygen atoms in total. The van der Waals surface area contributed by atoms with Crippen molar-refractivity contribution in [2.45, 2.75) is 19.0 Å². The Hall–Kier alpha value is -2.77. The lowest BCUT2D eigenvalue weighted by atomic mass is 10.1. The zero-order valence-electron chi connectivity index (χ0n) is 14.9. The second-order valence-corrected chi connectivity index (χ2v) is 6.01. The van der Waals surface area contributed by atoms with Crippen LogP contribution in [0.4, 0.5) is 5.95 Å². The summed E-state index contributed by atoms with van der Waals surface area (Å²) in [5.41, 5.74) is 14.0. The van der Waals surface area contributed by atoms with Crippen LogP contribution < -0.4 is 26.3 Å². The SMILES string of the molecule is COc1ccc(OCCCN)c(CNC2C=Cc3nc(N)[nH]c3C=C2)c1. The number of aromatic nitrogens is 2. The van der Waals surface area contributed by atoms with E-state index < -0.39 is 0 Å². The number of H-pyrrole nitrogens is 1. The zero-order valence-corrected chi connectivity index (χ0v) is 14.9. The Morgan fingerprint density at radius 3 is 2.92 bits per heavy atom. The van der Waals surface area contributed by atoms with Crippen molar-refractivity contribution >= 4 is 18.1 Å². The molecule has 1 aromatic carbocycles. The molecule has 1 aliphatic carbocycles. The van der Waals surface area contributed by atoms with Gasteiger partial charge in [-0.15, -0.1) is 0 Å². The third-order valence-electron chi connectivity index (χ3n) is 4.11. The zero-order chi connectivity index (χ0) is 18.4. The number of anilines is 1. The van der Waals surface area contributed by atoms with Crippen LogP contribution in [-0.2, 0) is 6.54 Å². The van der Waals surface area contributed by atoms with Gasteiger partial charge in [0.05, 0.1) is 25.1 Å². The van der Waals surface area contributed by atoms with Crippen molar-refractivity contribution < 1.29 is 9.47 Å². The minimum absolute atomic E-state index is 0.0712. The van der Waals surface area contributed by atoms with E-state index >= 15 is 0 Å². The summed E-state index contributed by atoms with van der Waals surface area (Å²) < 4.78 is 11.2. The molecule has 0 spiro atoms. The molecule has 1 atom stereocenters. The molecular formula is C19H25N5O2. The highest BCUT2D eigenvalue weighted by atomic mass is 16.5. The predicted octanol–water partition coefficient (Wildman–Crippen LogP) is 1.93. The van der Waals surface area contributed by atoms with Crippen molar-refractivity contribution in [3.8, 4) is 11.5 Å². The molecule has 0 fully saturated rings. The first-order valence-corrected chi connectivity index (χ1v) is 8.64. The van der Waals surface area contributed by atoms with Gasteiger partial charge in [-0.05, 0) is 43.3 Å². The Morgan fingerprint density at radius 2 is 2.12 bits per heavy atom. The van der Waals surface area contributed by atoms with Crippen molar-refractivity contribution in [1.82, 2.24) is 15.3 Å². The Morgan fingerprint density at radius 1 is 1.27 bits per heavy atom. The van der Waals surface area contributed by atoms with Crippen LogP contribution in [0.5, 0.6) is 11.5 Å². The number of rotatable bonds is 8. The summed E-state index contributed by atoms with van der Waals surface area (Å²) in [5.74, 6) is 2.06. The van der Waals surface area contributed by atoms with E-state index in [1.165, 1.54) is 0 Å². The molecule has 26 heavy (non-hydrogen) atoms. The fraction of sp³-hybridized carbons (Fsp3) is 0.316. The topological polar surface area (TPSA) is 111 Å². The number of benzene rings is 1. The van der Waals surface area contributed by atoms with Gasteiger partial charge in [0.1, 0.15) is 11.5 Å².